The summed E-state index contributed by atoms with van der Waals surface area (Å²) in [6.07, 6.45) is 0. The van der Waals surface area contributed by atoms with E-state index in [2.05, 4.69) is 85.3 Å². The normalized spacial score (nSPS) is 11.3. The van der Waals surface area contributed by atoms with Gasteiger partial charge >= 0.3 is 0 Å². The number of rotatable bonds is 1. The summed E-state index contributed by atoms with van der Waals surface area (Å²) in [5.41, 5.74) is 6.46. The predicted octanol–water partition coefficient (Wildman–Crippen LogP) is 5.31. The van der Waals surface area contributed by atoms with E-state index in [0.29, 0.717) is 0 Å². The molecule has 0 aliphatic rings. The first kappa shape index (κ1) is 12.2. The van der Waals surface area contributed by atoms with Crippen molar-refractivity contribution in [2.75, 3.05) is 0 Å². The molecular formula is C20H17N. The molecule has 0 saturated carbocycles. The lowest BCUT2D eigenvalue weighted by Crippen LogP contribution is -1.89. The van der Waals surface area contributed by atoms with E-state index in [1.807, 2.05) is 0 Å². The summed E-state index contributed by atoms with van der Waals surface area (Å²) < 4.78 is 2.31. The van der Waals surface area contributed by atoms with Gasteiger partial charge in [-0.3, -0.25) is 0 Å². The minimum atomic E-state index is 1.28. The zero-order valence-electron chi connectivity index (χ0n) is 12.3. The Morgan fingerprint density at radius 2 is 1.43 bits per heavy atom. The number of benzene rings is 3. The second-order valence-electron chi connectivity index (χ2n) is 5.64. The number of fused-ring (bicyclic) bond motifs is 3. The van der Waals surface area contributed by atoms with Crippen molar-refractivity contribution in [1.82, 2.24) is 4.57 Å². The van der Waals surface area contributed by atoms with Crippen LogP contribution in [0.25, 0.3) is 32.9 Å². The molecule has 0 bridgehead atoms. The van der Waals surface area contributed by atoms with Crippen LogP contribution < -0.4 is 0 Å². The monoisotopic (exact) mass is 271 g/mol. The molecule has 3 aromatic carbocycles. The van der Waals surface area contributed by atoms with E-state index in [9.17, 15) is 0 Å². The number of hydrogen-bond acceptors (Lipinski definition) is 0. The van der Waals surface area contributed by atoms with Crippen molar-refractivity contribution in [2.24, 2.45) is 7.05 Å². The molecule has 0 N–H and O–H groups in total. The molecule has 0 spiro atoms. The third-order valence-electron chi connectivity index (χ3n) is 4.29. The molecule has 0 fully saturated rings. The summed E-state index contributed by atoms with van der Waals surface area (Å²) in [4.78, 5) is 0. The summed E-state index contributed by atoms with van der Waals surface area (Å²) in [5, 5.41) is 2.65. The first-order valence-electron chi connectivity index (χ1n) is 7.29. The maximum absolute atomic E-state index is 2.31. The fraction of sp³-hybridized carbons (Fsp3) is 0.100. The van der Waals surface area contributed by atoms with Crippen molar-refractivity contribution in [1.29, 1.82) is 0 Å². The van der Waals surface area contributed by atoms with Gasteiger partial charge in [-0.25, -0.2) is 0 Å². The Morgan fingerprint density at radius 3 is 2.24 bits per heavy atom. The molecule has 21 heavy (non-hydrogen) atoms. The highest BCUT2D eigenvalue weighted by atomic mass is 14.9. The molecule has 0 unspecified atom stereocenters. The van der Waals surface area contributed by atoms with Crippen LogP contribution in [-0.4, -0.2) is 4.57 Å². The van der Waals surface area contributed by atoms with Gasteiger partial charge in [0.05, 0.1) is 5.52 Å². The van der Waals surface area contributed by atoms with Gasteiger partial charge in [0, 0.05) is 28.9 Å². The van der Waals surface area contributed by atoms with Crippen LogP contribution in [0.2, 0.25) is 0 Å². The van der Waals surface area contributed by atoms with E-state index < -0.39 is 0 Å². The molecule has 1 aromatic heterocycles. The molecular weight excluding hydrogens is 254 g/mol. The van der Waals surface area contributed by atoms with Crippen molar-refractivity contribution in [3.05, 3.63) is 72.3 Å². The fourth-order valence-corrected chi connectivity index (χ4v) is 3.20. The van der Waals surface area contributed by atoms with E-state index in [4.69, 9.17) is 0 Å². The Bertz CT molecular complexity index is 943. The van der Waals surface area contributed by atoms with Crippen LogP contribution in [0.4, 0.5) is 0 Å². The average molecular weight is 271 g/mol. The van der Waals surface area contributed by atoms with Gasteiger partial charge in [0.2, 0.25) is 0 Å². The molecule has 0 aliphatic heterocycles. The van der Waals surface area contributed by atoms with Gasteiger partial charge in [-0.15, -0.1) is 0 Å². The van der Waals surface area contributed by atoms with E-state index in [-0.39, 0.29) is 0 Å². The fourth-order valence-electron chi connectivity index (χ4n) is 3.20. The van der Waals surface area contributed by atoms with Gasteiger partial charge in [0.1, 0.15) is 0 Å². The lowest BCUT2D eigenvalue weighted by molar-refractivity contribution is 1.02. The zero-order valence-corrected chi connectivity index (χ0v) is 12.3. The molecule has 0 atom stereocenters. The number of hydrogen-bond donors (Lipinski definition) is 0. The van der Waals surface area contributed by atoms with Crippen molar-refractivity contribution in [3.63, 3.8) is 0 Å². The highest BCUT2D eigenvalue weighted by Gasteiger charge is 2.11. The summed E-state index contributed by atoms with van der Waals surface area (Å²) >= 11 is 0. The summed E-state index contributed by atoms with van der Waals surface area (Å²) in [6, 6.07) is 24.0. The Morgan fingerprint density at radius 1 is 0.714 bits per heavy atom. The van der Waals surface area contributed by atoms with Crippen LogP contribution in [0.15, 0.2) is 66.7 Å². The minimum Gasteiger partial charge on any atom is -0.343 e. The van der Waals surface area contributed by atoms with Crippen molar-refractivity contribution in [2.45, 2.75) is 6.92 Å². The molecule has 4 aromatic rings. The van der Waals surface area contributed by atoms with E-state index in [1.54, 1.807) is 0 Å². The molecule has 102 valence electrons. The van der Waals surface area contributed by atoms with E-state index in [0.717, 1.165) is 0 Å². The Balaban J connectivity index is 2.13. The zero-order chi connectivity index (χ0) is 14.4. The predicted molar refractivity (Wildman–Crippen MR) is 90.6 cm³/mol. The number of aromatic nitrogens is 1. The lowest BCUT2D eigenvalue weighted by Gasteiger charge is -2.07. The van der Waals surface area contributed by atoms with Crippen molar-refractivity contribution in [3.8, 4) is 11.1 Å². The Labute approximate surface area is 124 Å². The highest BCUT2D eigenvalue weighted by Crippen LogP contribution is 2.35. The first-order valence-corrected chi connectivity index (χ1v) is 7.29. The average Bonchev–Trinajstić information content (AvgIpc) is 2.82. The Hall–Kier alpha value is -2.54. The van der Waals surface area contributed by atoms with Gasteiger partial charge in [0.15, 0.2) is 0 Å². The SMILES string of the molecule is Cc1ccc(-c2cccc3c4ccccc4n(C)c23)cc1. The van der Waals surface area contributed by atoms with Crippen molar-refractivity contribution < 1.29 is 0 Å². The summed E-state index contributed by atoms with van der Waals surface area (Å²) in [5.74, 6) is 0. The maximum Gasteiger partial charge on any atom is 0.0568 e. The quantitative estimate of drug-likeness (QED) is 0.442. The third kappa shape index (κ3) is 1.78. The van der Waals surface area contributed by atoms with Gasteiger partial charge in [-0.1, -0.05) is 66.2 Å². The summed E-state index contributed by atoms with van der Waals surface area (Å²) in [7, 11) is 2.16. The second kappa shape index (κ2) is 4.49. The minimum absolute atomic E-state index is 1.28. The molecule has 0 radical (unpaired) electrons. The molecule has 1 heteroatoms. The topological polar surface area (TPSA) is 4.93 Å². The van der Waals surface area contributed by atoms with Crippen LogP contribution in [0.5, 0.6) is 0 Å². The van der Waals surface area contributed by atoms with Crippen LogP contribution in [0.3, 0.4) is 0 Å². The smallest absolute Gasteiger partial charge is 0.0568 e. The van der Waals surface area contributed by atoms with E-state index in [1.165, 1.54) is 38.5 Å². The van der Waals surface area contributed by atoms with Crippen LogP contribution in [0, 0.1) is 6.92 Å². The molecule has 0 aliphatic carbocycles. The third-order valence-corrected chi connectivity index (χ3v) is 4.29. The van der Waals surface area contributed by atoms with Gasteiger partial charge in [-0.05, 0) is 18.6 Å². The molecule has 4 rings (SSSR count). The van der Waals surface area contributed by atoms with Gasteiger partial charge in [0.25, 0.3) is 0 Å². The molecule has 1 heterocycles. The number of nitrogens with zero attached hydrogens (tertiary/aromatic N) is 1. The van der Waals surface area contributed by atoms with E-state index >= 15 is 0 Å². The van der Waals surface area contributed by atoms with Crippen molar-refractivity contribution >= 4 is 21.8 Å². The number of aryl methyl sites for hydroxylation is 2. The summed E-state index contributed by atoms with van der Waals surface area (Å²) in [6.45, 7) is 2.13. The van der Waals surface area contributed by atoms with Crippen LogP contribution >= 0.6 is 0 Å². The largest absolute Gasteiger partial charge is 0.343 e. The van der Waals surface area contributed by atoms with Crippen LogP contribution in [0.1, 0.15) is 5.56 Å². The van der Waals surface area contributed by atoms with Gasteiger partial charge < -0.3 is 4.57 Å². The number of para-hydroxylation sites is 2. The maximum atomic E-state index is 2.31. The first-order chi connectivity index (χ1) is 10.3. The second-order valence-corrected chi connectivity index (χ2v) is 5.64. The van der Waals surface area contributed by atoms with Gasteiger partial charge in [-0.2, -0.15) is 0 Å². The van der Waals surface area contributed by atoms with Crippen LogP contribution in [-0.2, 0) is 7.05 Å². The Kier molecular flexibility index (Phi) is 2.61. The highest BCUT2D eigenvalue weighted by molar-refractivity contribution is 6.12. The molecule has 0 saturated heterocycles. The molecule has 1 nitrogen and oxygen atoms in total. The standard InChI is InChI=1S/C20H17N/c1-14-10-12-15(13-11-14)16-7-5-8-18-17-6-3-4-9-19(17)21(2)20(16)18/h3-13H,1-2H3. The molecule has 0 amide bonds. The lowest BCUT2D eigenvalue weighted by atomic mass is 10.0.